The first-order valence-corrected chi connectivity index (χ1v) is 7.81. The lowest BCUT2D eigenvalue weighted by Gasteiger charge is -2.13. The fraction of sp³-hybridized carbons (Fsp3) is 0.222. The van der Waals surface area contributed by atoms with E-state index >= 15 is 0 Å². The molecule has 0 saturated carbocycles. The zero-order chi connectivity index (χ0) is 16.8. The summed E-state index contributed by atoms with van der Waals surface area (Å²) in [7, 11) is 0. The van der Waals surface area contributed by atoms with Crippen LogP contribution in [0.15, 0.2) is 42.5 Å². The second-order valence-corrected chi connectivity index (χ2v) is 5.68. The summed E-state index contributed by atoms with van der Waals surface area (Å²) < 4.78 is 0. The number of para-hydroxylation sites is 1. The third-order valence-corrected chi connectivity index (χ3v) is 3.71. The molecule has 4 nitrogen and oxygen atoms in total. The second kappa shape index (κ2) is 7.79. The van der Waals surface area contributed by atoms with E-state index < -0.39 is 0 Å². The average molecular weight is 331 g/mol. The van der Waals surface area contributed by atoms with Crippen molar-refractivity contribution >= 4 is 34.8 Å². The number of hydrogen-bond acceptors (Lipinski definition) is 2. The highest BCUT2D eigenvalue weighted by Crippen LogP contribution is 2.21. The highest BCUT2D eigenvalue weighted by molar-refractivity contribution is 6.30. The fourth-order valence-electron chi connectivity index (χ4n) is 2.27. The van der Waals surface area contributed by atoms with Crippen molar-refractivity contribution in [3.05, 3.63) is 58.6 Å². The van der Waals surface area contributed by atoms with E-state index in [1.54, 1.807) is 24.3 Å². The minimum absolute atomic E-state index is 0.236. The highest BCUT2D eigenvalue weighted by atomic mass is 35.5. The lowest BCUT2D eigenvalue weighted by atomic mass is 10.1. The quantitative estimate of drug-likeness (QED) is 0.808. The van der Waals surface area contributed by atoms with Crippen LogP contribution < -0.4 is 10.6 Å². The molecule has 0 fully saturated rings. The van der Waals surface area contributed by atoms with Crippen molar-refractivity contribution in [1.29, 1.82) is 0 Å². The van der Waals surface area contributed by atoms with Crippen LogP contribution in [-0.2, 0) is 16.0 Å². The number of carbonyl (C=O) groups excluding carboxylic acids is 2. The van der Waals surface area contributed by atoms with Crippen molar-refractivity contribution in [3.8, 4) is 0 Å². The molecule has 0 aliphatic rings. The molecule has 0 aliphatic heterocycles. The van der Waals surface area contributed by atoms with Gasteiger partial charge < -0.3 is 10.6 Å². The number of nitrogens with one attached hydrogen (secondary N) is 2. The first-order chi connectivity index (χ1) is 11.0. The van der Waals surface area contributed by atoms with Crippen molar-refractivity contribution in [1.82, 2.24) is 0 Å². The maximum atomic E-state index is 12.1. The summed E-state index contributed by atoms with van der Waals surface area (Å²) in [5.41, 5.74) is 3.43. The molecule has 5 heteroatoms. The number of anilines is 2. The monoisotopic (exact) mass is 330 g/mol. The van der Waals surface area contributed by atoms with Crippen molar-refractivity contribution in [2.75, 3.05) is 10.6 Å². The molecule has 2 aromatic carbocycles. The van der Waals surface area contributed by atoms with Crippen LogP contribution in [0.3, 0.4) is 0 Å². The molecule has 0 aromatic heterocycles. The Labute approximate surface area is 140 Å². The largest absolute Gasteiger partial charge is 0.326 e. The first kappa shape index (κ1) is 17.0. The molecule has 2 N–H and O–H groups in total. The highest BCUT2D eigenvalue weighted by Gasteiger charge is 2.13. The molecule has 0 atom stereocenters. The molecule has 120 valence electrons. The van der Waals surface area contributed by atoms with Crippen molar-refractivity contribution < 1.29 is 9.59 Å². The minimum atomic E-state index is -0.364. The van der Waals surface area contributed by atoms with Gasteiger partial charge in [0, 0.05) is 16.4 Å². The Morgan fingerprint density at radius 2 is 1.65 bits per heavy atom. The van der Waals surface area contributed by atoms with Crippen LogP contribution in [0.25, 0.3) is 0 Å². The van der Waals surface area contributed by atoms with E-state index in [2.05, 4.69) is 10.6 Å². The van der Waals surface area contributed by atoms with E-state index in [9.17, 15) is 9.59 Å². The van der Waals surface area contributed by atoms with Crippen molar-refractivity contribution in [2.24, 2.45) is 0 Å². The smallest absolute Gasteiger partial charge is 0.233 e. The third kappa shape index (κ3) is 4.83. The summed E-state index contributed by atoms with van der Waals surface area (Å²) in [4.78, 5) is 24.0. The van der Waals surface area contributed by atoms with Gasteiger partial charge in [-0.05, 0) is 48.7 Å². The van der Waals surface area contributed by atoms with Gasteiger partial charge in [-0.3, -0.25) is 9.59 Å². The molecule has 2 aromatic rings. The average Bonchev–Trinajstić information content (AvgIpc) is 2.51. The zero-order valence-electron chi connectivity index (χ0n) is 13.2. The molecule has 0 heterocycles. The molecule has 0 unspecified atom stereocenters. The molecule has 0 bridgehead atoms. The van der Waals surface area contributed by atoms with Gasteiger partial charge in [-0.2, -0.15) is 0 Å². The van der Waals surface area contributed by atoms with Crippen molar-refractivity contribution in [2.45, 2.75) is 26.7 Å². The van der Waals surface area contributed by atoms with Crippen LogP contribution in [0.4, 0.5) is 11.4 Å². The summed E-state index contributed by atoms with van der Waals surface area (Å²) in [6, 6.07) is 12.6. The van der Waals surface area contributed by atoms with Gasteiger partial charge in [-0.25, -0.2) is 0 Å². The number of benzene rings is 2. The molecular weight excluding hydrogens is 312 g/mol. The lowest BCUT2D eigenvalue weighted by molar-refractivity contribution is -0.123. The Morgan fingerprint density at radius 1 is 1.00 bits per heavy atom. The van der Waals surface area contributed by atoms with Crippen LogP contribution in [-0.4, -0.2) is 11.8 Å². The topological polar surface area (TPSA) is 58.2 Å². The van der Waals surface area contributed by atoms with Gasteiger partial charge in [0.1, 0.15) is 6.42 Å². The Balaban J connectivity index is 1.97. The molecule has 0 spiro atoms. The summed E-state index contributed by atoms with van der Waals surface area (Å²) in [6.07, 6.45) is 0.578. The van der Waals surface area contributed by atoms with Crippen molar-refractivity contribution in [3.63, 3.8) is 0 Å². The van der Waals surface area contributed by atoms with E-state index in [0.717, 1.165) is 23.2 Å². The number of carbonyl (C=O) groups is 2. The number of halogens is 1. The summed E-state index contributed by atoms with van der Waals surface area (Å²) in [5.74, 6) is -0.697. The van der Waals surface area contributed by atoms with Gasteiger partial charge in [0.25, 0.3) is 0 Å². The number of hydrogen-bond donors (Lipinski definition) is 2. The van der Waals surface area contributed by atoms with Gasteiger partial charge in [0.15, 0.2) is 0 Å². The number of rotatable bonds is 5. The van der Waals surface area contributed by atoms with Crippen LogP contribution in [0, 0.1) is 6.92 Å². The Bertz CT molecular complexity index is 711. The standard InChI is InChI=1S/C18H19ClN2O2/c1-3-13-6-4-5-12(2)18(13)21-17(23)11-16(22)20-15-9-7-14(19)8-10-15/h4-10H,3,11H2,1-2H3,(H,20,22)(H,21,23). The molecular formula is C18H19ClN2O2. The van der Waals surface area contributed by atoms with Gasteiger partial charge in [-0.1, -0.05) is 36.7 Å². The lowest BCUT2D eigenvalue weighted by Crippen LogP contribution is -2.22. The molecule has 2 amide bonds. The summed E-state index contributed by atoms with van der Waals surface area (Å²) in [6.45, 7) is 3.96. The maximum Gasteiger partial charge on any atom is 0.233 e. The predicted molar refractivity (Wildman–Crippen MR) is 93.9 cm³/mol. The summed E-state index contributed by atoms with van der Waals surface area (Å²) in [5, 5.41) is 6.10. The van der Waals surface area contributed by atoms with Crippen LogP contribution >= 0.6 is 11.6 Å². The Hall–Kier alpha value is -2.33. The van der Waals surface area contributed by atoms with Gasteiger partial charge in [0.2, 0.25) is 11.8 Å². The van der Waals surface area contributed by atoms with Crippen LogP contribution in [0.5, 0.6) is 0 Å². The Morgan fingerprint density at radius 3 is 2.30 bits per heavy atom. The maximum absolute atomic E-state index is 12.1. The van der Waals surface area contributed by atoms with E-state index in [0.29, 0.717) is 10.7 Å². The number of amides is 2. The normalized spacial score (nSPS) is 10.2. The number of aryl methyl sites for hydroxylation is 2. The molecule has 23 heavy (non-hydrogen) atoms. The SMILES string of the molecule is CCc1cccc(C)c1NC(=O)CC(=O)Nc1ccc(Cl)cc1. The molecule has 0 saturated heterocycles. The molecule has 0 radical (unpaired) electrons. The fourth-order valence-corrected chi connectivity index (χ4v) is 2.40. The zero-order valence-corrected chi connectivity index (χ0v) is 13.9. The first-order valence-electron chi connectivity index (χ1n) is 7.43. The van der Waals surface area contributed by atoms with Gasteiger partial charge >= 0.3 is 0 Å². The van der Waals surface area contributed by atoms with E-state index in [-0.39, 0.29) is 18.2 Å². The van der Waals surface area contributed by atoms with Gasteiger partial charge in [0.05, 0.1) is 0 Å². The minimum Gasteiger partial charge on any atom is -0.326 e. The summed E-state index contributed by atoms with van der Waals surface area (Å²) >= 11 is 5.79. The van der Waals surface area contributed by atoms with Crippen LogP contribution in [0.2, 0.25) is 5.02 Å². The second-order valence-electron chi connectivity index (χ2n) is 5.24. The Kier molecular flexibility index (Phi) is 5.77. The van der Waals surface area contributed by atoms with Gasteiger partial charge in [-0.15, -0.1) is 0 Å². The molecule has 0 aliphatic carbocycles. The van der Waals surface area contributed by atoms with E-state index in [1.165, 1.54) is 0 Å². The van der Waals surface area contributed by atoms with E-state index in [1.807, 2.05) is 32.0 Å². The van der Waals surface area contributed by atoms with E-state index in [4.69, 9.17) is 11.6 Å². The third-order valence-electron chi connectivity index (χ3n) is 3.45. The molecule has 2 rings (SSSR count). The predicted octanol–water partition coefficient (Wildman–Crippen LogP) is 4.18. The van der Waals surface area contributed by atoms with Crippen LogP contribution in [0.1, 0.15) is 24.5 Å².